The van der Waals surface area contributed by atoms with Crippen molar-refractivity contribution < 1.29 is 57.3 Å². The first kappa shape index (κ1) is 62.1. The number of hydrogen-bond donors (Lipinski definition) is 2. The summed E-state index contributed by atoms with van der Waals surface area (Å²) < 4.78 is 23.9. The number of amides is 6. The van der Waals surface area contributed by atoms with Crippen LogP contribution in [0.25, 0.3) is 0 Å². The summed E-state index contributed by atoms with van der Waals surface area (Å²) in [5.74, 6) is -3.98. The van der Waals surface area contributed by atoms with Crippen molar-refractivity contribution in [2.75, 3.05) is 47.5 Å². The van der Waals surface area contributed by atoms with E-state index in [4.69, 9.17) is 23.8 Å². The molecule has 75 heavy (non-hydrogen) atoms. The summed E-state index contributed by atoms with van der Waals surface area (Å²) in [6.07, 6.45) is 0.632. The normalized spacial score (nSPS) is 18.2. The highest BCUT2D eigenvalue weighted by Crippen LogP contribution is 2.30. The lowest BCUT2D eigenvalue weighted by molar-refractivity contribution is -0.157. The molecule has 9 atom stereocenters. The molecular weight excluding hydrogens is 961 g/mol. The topological polar surface area (TPSA) is 203 Å². The van der Waals surface area contributed by atoms with Crippen LogP contribution in [0.3, 0.4) is 0 Å². The summed E-state index contributed by atoms with van der Waals surface area (Å²) in [5.41, 5.74) is -0.235. The number of fused-ring (bicyclic) bond motifs is 1. The Kier molecular flexibility index (Phi) is 22.8. The number of ether oxygens (including phenoxy) is 4. The number of likely N-dealkylation sites (N-methyl/N-ethyl adjacent to an activating group) is 1. The highest BCUT2D eigenvalue weighted by Gasteiger charge is 2.44. The molecule has 418 valence electrons. The van der Waals surface area contributed by atoms with Gasteiger partial charge in [-0.2, -0.15) is 0 Å². The first-order valence-electron chi connectivity index (χ1n) is 26.7. The molecule has 4 rings (SSSR count). The number of esters is 1. The van der Waals surface area contributed by atoms with Crippen LogP contribution in [0.4, 0.5) is 4.79 Å². The van der Waals surface area contributed by atoms with Gasteiger partial charge in [-0.05, 0) is 102 Å². The third kappa shape index (κ3) is 16.8. The third-order valence-electron chi connectivity index (χ3n) is 14.0. The maximum Gasteiger partial charge on any atom is 0.411 e. The van der Waals surface area contributed by atoms with Gasteiger partial charge in [0.1, 0.15) is 29.3 Å². The molecule has 2 heterocycles. The highest BCUT2D eigenvalue weighted by molar-refractivity contribution is 6.20. The zero-order valence-corrected chi connectivity index (χ0v) is 47.6. The number of imide groups is 1. The Morgan fingerprint density at radius 3 is 1.89 bits per heavy atom. The number of likely N-dealkylation sites (tertiary alicyclic amines) is 1. The first-order chi connectivity index (χ1) is 35.2. The summed E-state index contributed by atoms with van der Waals surface area (Å²) in [6.45, 7) is 24.2. The van der Waals surface area contributed by atoms with E-state index < -0.39 is 83.0 Å². The van der Waals surface area contributed by atoms with Gasteiger partial charge in [-0.3, -0.25) is 38.5 Å². The smallest absolute Gasteiger partial charge is 0.411 e. The number of benzene rings is 2. The molecule has 18 nitrogen and oxygen atoms in total. The second-order valence-electron chi connectivity index (χ2n) is 22.8. The SMILES string of the molecule is CC[C@H](C)[C@@H]([C@@H](CC(=O)N1CCC[C@H]1[C@H](OC)[C@@H](C)CN[C@@H](Cc1ccccc1)C(=O)OC(C)(C)C)OC)N(C)C(=O)[C@@H](NC(=O)[C@H](C(C)C)N(CCON1C(=O)c2ccccc2C1=O)C(=O)OC(C)(C)C)C(C)C. The van der Waals surface area contributed by atoms with Crippen molar-refractivity contribution in [2.45, 2.75) is 176 Å². The zero-order chi connectivity index (χ0) is 56.1. The highest BCUT2D eigenvalue weighted by atomic mass is 16.7. The molecule has 2 aliphatic rings. The standard InChI is InChI=1S/C57H88N6O12/c1-17-37(6)48(44(71-15)33-45(64)61-29-23-28-43(61)49(72-16)38(7)34-58-42(54(69)74-56(8,9)10)32-39-24-19-18-20-25-39)60(14)53(68)46(35(2)3)59-50(65)47(36(4)5)62(55(70)75-57(11,12)13)30-31-73-63-51(66)40-26-21-22-27-41(40)52(63)67/h18-22,24-27,35-38,42-44,46-49,58H,17,23,28-34H2,1-16H3,(H,59,65)/t37-,38-,42-,43-,44+,46-,47-,48-,49+/m0/s1. The van der Waals surface area contributed by atoms with Crippen molar-refractivity contribution in [1.29, 1.82) is 0 Å². The van der Waals surface area contributed by atoms with Crippen LogP contribution in [0.5, 0.6) is 0 Å². The molecule has 18 heteroatoms. The van der Waals surface area contributed by atoms with Gasteiger partial charge in [0.25, 0.3) is 11.8 Å². The Morgan fingerprint density at radius 2 is 1.37 bits per heavy atom. The molecule has 2 aromatic carbocycles. The predicted octanol–water partition coefficient (Wildman–Crippen LogP) is 7.08. The van der Waals surface area contributed by atoms with Crippen molar-refractivity contribution in [3.05, 3.63) is 71.3 Å². The van der Waals surface area contributed by atoms with Crippen LogP contribution in [-0.4, -0.2) is 162 Å². The van der Waals surface area contributed by atoms with Crippen molar-refractivity contribution in [3.63, 3.8) is 0 Å². The minimum absolute atomic E-state index is 0.0256. The van der Waals surface area contributed by atoms with E-state index in [1.165, 1.54) is 24.1 Å². The summed E-state index contributed by atoms with van der Waals surface area (Å²) in [4.78, 5) is 108. The van der Waals surface area contributed by atoms with Gasteiger partial charge in [0.2, 0.25) is 17.7 Å². The minimum atomic E-state index is -1.18. The number of rotatable bonds is 26. The molecule has 1 saturated heterocycles. The van der Waals surface area contributed by atoms with Crippen LogP contribution in [0.15, 0.2) is 54.6 Å². The zero-order valence-electron chi connectivity index (χ0n) is 47.6. The molecule has 2 aliphatic heterocycles. The number of methoxy groups -OCH3 is 2. The summed E-state index contributed by atoms with van der Waals surface area (Å²) in [5, 5.41) is 7.08. The van der Waals surface area contributed by atoms with Gasteiger partial charge < -0.3 is 39.4 Å². The van der Waals surface area contributed by atoms with E-state index in [1.807, 2.05) is 90.6 Å². The van der Waals surface area contributed by atoms with Crippen LogP contribution in [-0.2, 0) is 49.4 Å². The number of nitrogens with one attached hydrogen (secondary N) is 2. The molecule has 0 unspecified atom stereocenters. The van der Waals surface area contributed by atoms with E-state index in [0.717, 1.165) is 18.4 Å². The molecule has 0 bridgehead atoms. The van der Waals surface area contributed by atoms with E-state index >= 15 is 0 Å². The van der Waals surface area contributed by atoms with Crippen molar-refractivity contribution in [3.8, 4) is 0 Å². The van der Waals surface area contributed by atoms with Gasteiger partial charge in [0.15, 0.2) is 0 Å². The molecule has 2 aromatic rings. The minimum Gasteiger partial charge on any atom is -0.459 e. The average Bonchev–Trinajstić information content (AvgIpc) is 3.92. The average molecular weight is 1050 g/mol. The van der Waals surface area contributed by atoms with Crippen molar-refractivity contribution in [1.82, 2.24) is 30.4 Å². The van der Waals surface area contributed by atoms with E-state index in [2.05, 4.69) is 10.6 Å². The quantitative estimate of drug-likeness (QED) is 0.0716. The maximum absolute atomic E-state index is 14.9. The summed E-state index contributed by atoms with van der Waals surface area (Å²) >= 11 is 0. The fourth-order valence-corrected chi connectivity index (χ4v) is 10.1. The fraction of sp³-hybridized carbons (Fsp3) is 0.667. The van der Waals surface area contributed by atoms with E-state index in [-0.39, 0.29) is 66.6 Å². The molecule has 0 spiro atoms. The molecule has 6 amide bonds. The third-order valence-corrected chi connectivity index (χ3v) is 14.0. The molecule has 0 aromatic heterocycles. The maximum atomic E-state index is 14.9. The Morgan fingerprint density at radius 1 is 0.787 bits per heavy atom. The largest absolute Gasteiger partial charge is 0.459 e. The lowest BCUT2D eigenvalue weighted by atomic mass is 9.89. The Hall–Kier alpha value is -5.43. The van der Waals surface area contributed by atoms with Gasteiger partial charge in [-0.1, -0.05) is 97.4 Å². The second-order valence-corrected chi connectivity index (χ2v) is 22.8. The van der Waals surface area contributed by atoms with Gasteiger partial charge in [0, 0.05) is 34.4 Å². The predicted molar refractivity (Wildman–Crippen MR) is 285 cm³/mol. The summed E-state index contributed by atoms with van der Waals surface area (Å²) in [6, 6.07) is 12.4. The van der Waals surface area contributed by atoms with Crippen LogP contribution >= 0.6 is 0 Å². The Labute approximate surface area is 446 Å². The van der Waals surface area contributed by atoms with Gasteiger partial charge in [0.05, 0.1) is 55.0 Å². The lowest BCUT2D eigenvalue weighted by Crippen LogP contribution is -2.61. The molecule has 2 N–H and O–H groups in total. The molecular formula is C57H88N6O12. The number of nitrogens with zero attached hydrogens (tertiary/aromatic N) is 4. The lowest BCUT2D eigenvalue weighted by Gasteiger charge is -2.41. The Balaban J connectivity index is 1.51. The monoisotopic (exact) mass is 1050 g/mol. The van der Waals surface area contributed by atoms with Crippen LogP contribution in [0, 0.1) is 23.7 Å². The van der Waals surface area contributed by atoms with Gasteiger partial charge in [-0.25, -0.2) is 4.79 Å². The van der Waals surface area contributed by atoms with E-state index in [9.17, 15) is 33.6 Å². The molecule has 0 saturated carbocycles. The number of carbonyl (C=O) groups is 7. The number of carbonyl (C=O) groups excluding carboxylic acids is 7. The molecule has 1 fully saturated rings. The van der Waals surface area contributed by atoms with Gasteiger partial charge >= 0.3 is 12.1 Å². The van der Waals surface area contributed by atoms with Crippen LogP contribution in [0.1, 0.15) is 142 Å². The Bertz CT molecular complexity index is 2210. The number of hydrogen-bond acceptors (Lipinski definition) is 13. The van der Waals surface area contributed by atoms with E-state index in [1.54, 1.807) is 65.8 Å². The molecule has 0 aliphatic carbocycles. The fourth-order valence-electron chi connectivity index (χ4n) is 10.1. The number of hydroxylamine groups is 2. The van der Waals surface area contributed by atoms with Crippen molar-refractivity contribution in [2.24, 2.45) is 23.7 Å². The second kappa shape index (κ2) is 27.6. The van der Waals surface area contributed by atoms with Gasteiger partial charge in [-0.15, -0.1) is 5.06 Å². The van der Waals surface area contributed by atoms with Crippen LogP contribution in [0.2, 0.25) is 0 Å². The van der Waals surface area contributed by atoms with E-state index in [0.29, 0.717) is 31.0 Å². The first-order valence-corrected chi connectivity index (χ1v) is 26.7. The van der Waals surface area contributed by atoms with Crippen molar-refractivity contribution >= 4 is 41.6 Å². The molecule has 0 radical (unpaired) electrons. The van der Waals surface area contributed by atoms with Crippen LogP contribution < -0.4 is 10.6 Å². The summed E-state index contributed by atoms with van der Waals surface area (Å²) in [7, 11) is 4.85.